The Balaban J connectivity index is 3.29. The maximum atomic E-state index is 12.2. The molecule has 0 unspecified atom stereocenters. The smallest absolute Gasteiger partial charge is 0.387 e. The van der Waals surface area contributed by atoms with Crippen LogP contribution in [0.2, 0.25) is 0 Å². The van der Waals surface area contributed by atoms with Gasteiger partial charge in [0.15, 0.2) is 0 Å². The highest BCUT2D eigenvalue weighted by atomic mass is 79.9. The van der Waals surface area contributed by atoms with Crippen molar-refractivity contribution < 1.29 is 23.0 Å². The summed E-state index contributed by atoms with van der Waals surface area (Å²) < 4.78 is 33.8. The maximum Gasteiger partial charge on any atom is 0.387 e. The summed E-state index contributed by atoms with van der Waals surface area (Å²) in [5.41, 5.74) is 0.495. The normalized spacial score (nSPS) is 10.5. The number of benzene rings is 1. The number of ether oxygens (including phenoxy) is 2. The molecule has 0 aliphatic rings. The van der Waals surface area contributed by atoms with Gasteiger partial charge in [-0.3, -0.25) is 0 Å². The molecule has 94 valence electrons. The van der Waals surface area contributed by atoms with Crippen LogP contribution in [-0.4, -0.2) is 19.7 Å². The van der Waals surface area contributed by atoms with Crippen LogP contribution in [0.1, 0.15) is 15.9 Å². The zero-order valence-electron chi connectivity index (χ0n) is 8.68. The van der Waals surface area contributed by atoms with Crippen molar-refractivity contribution in [3.05, 3.63) is 27.7 Å². The molecule has 0 saturated heterocycles. The number of alkyl halides is 3. The predicted molar refractivity (Wildman–Crippen MR) is 64.7 cm³/mol. The third kappa shape index (κ3) is 3.64. The van der Waals surface area contributed by atoms with Crippen LogP contribution >= 0.6 is 31.9 Å². The number of carbonyl (C=O) groups is 1. The number of hydrogen-bond acceptors (Lipinski definition) is 3. The zero-order valence-corrected chi connectivity index (χ0v) is 11.8. The quantitative estimate of drug-likeness (QED) is 0.595. The van der Waals surface area contributed by atoms with Crippen LogP contribution < -0.4 is 4.74 Å². The molecule has 0 heterocycles. The van der Waals surface area contributed by atoms with E-state index in [1.165, 1.54) is 19.2 Å². The van der Waals surface area contributed by atoms with E-state index in [2.05, 4.69) is 41.3 Å². The van der Waals surface area contributed by atoms with Crippen LogP contribution in [0.4, 0.5) is 8.78 Å². The molecule has 0 aliphatic carbocycles. The van der Waals surface area contributed by atoms with Crippen molar-refractivity contribution in [2.45, 2.75) is 11.9 Å². The van der Waals surface area contributed by atoms with Crippen molar-refractivity contribution in [1.29, 1.82) is 0 Å². The van der Waals surface area contributed by atoms with Crippen molar-refractivity contribution in [3.8, 4) is 5.75 Å². The van der Waals surface area contributed by atoms with Crippen LogP contribution in [0.15, 0.2) is 16.6 Å². The topological polar surface area (TPSA) is 35.5 Å². The van der Waals surface area contributed by atoms with Gasteiger partial charge >= 0.3 is 12.6 Å². The first kappa shape index (κ1) is 14.4. The summed E-state index contributed by atoms with van der Waals surface area (Å²) in [6.07, 6.45) is 0. The Morgan fingerprint density at radius 1 is 1.47 bits per heavy atom. The summed E-state index contributed by atoms with van der Waals surface area (Å²) in [7, 11) is 1.22. The summed E-state index contributed by atoms with van der Waals surface area (Å²) in [5.74, 6) is -0.675. The Hall–Kier alpha value is -0.690. The van der Waals surface area contributed by atoms with Gasteiger partial charge < -0.3 is 9.47 Å². The molecule has 0 amide bonds. The van der Waals surface area contributed by atoms with Crippen molar-refractivity contribution in [1.82, 2.24) is 0 Å². The Bertz CT molecular complexity index is 424. The van der Waals surface area contributed by atoms with Gasteiger partial charge in [0.2, 0.25) is 0 Å². The highest BCUT2D eigenvalue weighted by Gasteiger charge is 2.19. The Morgan fingerprint density at radius 3 is 2.59 bits per heavy atom. The van der Waals surface area contributed by atoms with Crippen molar-refractivity contribution in [2.24, 2.45) is 0 Å². The highest BCUT2D eigenvalue weighted by Crippen LogP contribution is 2.31. The molecule has 0 spiro atoms. The van der Waals surface area contributed by atoms with E-state index in [0.29, 0.717) is 10.0 Å². The molecule has 0 N–H and O–H groups in total. The number of halogens is 4. The van der Waals surface area contributed by atoms with Crippen molar-refractivity contribution >= 4 is 37.8 Å². The molecule has 1 rings (SSSR count). The lowest BCUT2D eigenvalue weighted by Gasteiger charge is -2.13. The van der Waals surface area contributed by atoms with Crippen LogP contribution in [0.3, 0.4) is 0 Å². The molecule has 0 aromatic heterocycles. The monoisotopic (exact) mass is 372 g/mol. The molecule has 7 heteroatoms. The molecule has 3 nitrogen and oxygen atoms in total. The minimum atomic E-state index is -2.95. The second-order valence-corrected chi connectivity index (χ2v) is 4.41. The summed E-state index contributed by atoms with van der Waals surface area (Å²) in [6, 6.07) is 2.86. The Morgan fingerprint density at radius 2 is 2.12 bits per heavy atom. The number of hydrogen-bond donors (Lipinski definition) is 0. The van der Waals surface area contributed by atoms with Gasteiger partial charge in [0.05, 0.1) is 12.7 Å². The first-order valence-corrected chi connectivity index (χ1v) is 6.32. The second-order valence-electron chi connectivity index (χ2n) is 2.93. The average Bonchev–Trinajstić information content (AvgIpc) is 2.26. The lowest BCUT2D eigenvalue weighted by molar-refractivity contribution is -0.0504. The van der Waals surface area contributed by atoms with Gasteiger partial charge in [-0.25, -0.2) is 4.79 Å². The minimum Gasteiger partial charge on any atom is -0.465 e. The van der Waals surface area contributed by atoms with E-state index < -0.39 is 12.6 Å². The van der Waals surface area contributed by atoms with Crippen LogP contribution in [0.25, 0.3) is 0 Å². The van der Waals surface area contributed by atoms with Gasteiger partial charge in [0, 0.05) is 15.4 Å². The summed E-state index contributed by atoms with van der Waals surface area (Å²) in [5, 5.41) is 0.201. The Labute approximate surface area is 113 Å². The van der Waals surface area contributed by atoms with Gasteiger partial charge in [0.25, 0.3) is 0 Å². The number of rotatable bonds is 4. The third-order valence-electron chi connectivity index (χ3n) is 1.93. The molecule has 0 bridgehead atoms. The molecule has 0 aliphatic heterocycles. The lowest BCUT2D eigenvalue weighted by Crippen LogP contribution is -2.10. The SMILES string of the molecule is COC(=O)c1cc(Br)cc(OC(F)F)c1CBr. The molecule has 1 aromatic carbocycles. The van der Waals surface area contributed by atoms with Crippen LogP contribution in [-0.2, 0) is 10.1 Å². The molecular weight excluding hydrogens is 366 g/mol. The Kier molecular flexibility index (Phi) is 5.32. The van der Waals surface area contributed by atoms with E-state index in [1.807, 2.05) is 0 Å². The minimum absolute atomic E-state index is 0.0633. The predicted octanol–water partition coefficient (Wildman–Crippen LogP) is 3.73. The van der Waals surface area contributed by atoms with Gasteiger partial charge in [-0.2, -0.15) is 8.78 Å². The average molecular weight is 374 g/mol. The van der Waals surface area contributed by atoms with E-state index in [0.717, 1.165) is 0 Å². The summed E-state index contributed by atoms with van der Waals surface area (Å²) >= 11 is 6.24. The van der Waals surface area contributed by atoms with Crippen molar-refractivity contribution in [3.63, 3.8) is 0 Å². The highest BCUT2D eigenvalue weighted by molar-refractivity contribution is 9.10. The van der Waals surface area contributed by atoms with Gasteiger partial charge in [-0.15, -0.1) is 0 Å². The zero-order chi connectivity index (χ0) is 13.0. The maximum absolute atomic E-state index is 12.2. The van der Waals surface area contributed by atoms with E-state index in [-0.39, 0.29) is 16.6 Å². The molecule has 0 saturated carbocycles. The fraction of sp³-hybridized carbons (Fsp3) is 0.300. The summed E-state index contributed by atoms with van der Waals surface area (Å²) in [6.45, 7) is -2.95. The second kappa shape index (κ2) is 6.30. The van der Waals surface area contributed by atoms with Gasteiger partial charge in [-0.05, 0) is 12.1 Å². The first-order valence-electron chi connectivity index (χ1n) is 4.41. The fourth-order valence-corrected chi connectivity index (χ4v) is 2.26. The summed E-state index contributed by atoms with van der Waals surface area (Å²) in [4.78, 5) is 11.5. The number of carbonyl (C=O) groups excluding carboxylic acids is 1. The molecular formula is C10H8Br2F2O3. The molecule has 17 heavy (non-hydrogen) atoms. The van der Waals surface area contributed by atoms with E-state index in [1.54, 1.807) is 0 Å². The van der Waals surface area contributed by atoms with E-state index in [4.69, 9.17) is 0 Å². The number of methoxy groups -OCH3 is 1. The van der Waals surface area contributed by atoms with Gasteiger partial charge in [0.1, 0.15) is 5.75 Å². The van der Waals surface area contributed by atoms with Crippen LogP contribution in [0.5, 0.6) is 5.75 Å². The lowest BCUT2D eigenvalue weighted by atomic mass is 10.1. The molecule has 0 radical (unpaired) electrons. The fourth-order valence-electron chi connectivity index (χ4n) is 1.24. The molecule has 0 fully saturated rings. The van der Waals surface area contributed by atoms with Crippen molar-refractivity contribution in [2.75, 3.05) is 7.11 Å². The largest absolute Gasteiger partial charge is 0.465 e. The molecule has 1 aromatic rings. The third-order valence-corrected chi connectivity index (χ3v) is 2.95. The molecule has 0 atom stereocenters. The van der Waals surface area contributed by atoms with Gasteiger partial charge in [-0.1, -0.05) is 31.9 Å². The number of esters is 1. The van der Waals surface area contributed by atoms with E-state index in [9.17, 15) is 13.6 Å². The first-order chi connectivity index (χ1) is 7.99. The standard InChI is InChI=1S/C10H8Br2F2O3/c1-16-9(15)6-2-5(12)3-8(7(6)4-11)17-10(13)14/h2-3,10H,4H2,1H3. The van der Waals surface area contributed by atoms with E-state index >= 15 is 0 Å². The van der Waals surface area contributed by atoms with Crippen LogP contribution in [0, 0.1) is 0 Å².